The summed E-state index contributed by atoms with van der Waals surface area (Å²) in [5.74, 6) is 0.320. The van der Waals surface area contributed by atoms with Gasteiger partial charge in [-0.25, -0.2) is 0 Å². The van der Waals surface area contributed by atoms with Crippen molar-refractivity contribution in [1.29, 1.82) is 0 Å². The topological polar surface area (TPSA) is 38.0 Å². The fraction of sp³-hybridized carbons (Fsp3) is 0.727. The minimum atomic E-state index is 0.232. The van der Waals surface area contributed by atoms with Crippen LogP contribution in [0.2, 0.25) is 5.02 Å². The van der Waals surface area contributed by atoms with E-state index in [-0.39, 0.29) is 6.61 Å². The fourth-order valence-corrected chi connectivity index (χ4v) is 1.95. The third-order valence-corrected chi connectivity index (χ3v) is 3.12. The molecule has 1 aromatic heterocycles. The van der Waals surface area contributed by atoms with Crippen molar-refractivity contribution in [2.75, 3.05) is 6.61 Å². The molecule has 3 nitrogen and oxygen atoms in total. The third kappa shape index (κ3) is 2.95. The van der Waals surface area contributed by atoms with Crippen molar-refractivity contribution in [2.45, 2.75) is 33.1 Å². The van der Waals surface area contributed by atoms with Crippen LogP contribution in [-0.4, -0.2) is 21.5 Å². The van der Waals surface area contributed by atoms with Crippen LogP contribution in [0.3, 0.4) is 0 Å². The van der Waals surface area contributed by atoms with E-state index in [4.69, 9.17) is 16.7 Å². The first kappa shape index (κ1) is 12.5. The average Bonchev–Trinajstić information content (AvgIpc) is 2.51. The molecule has 1 heterocycles. The molecule has 0 radical (unpaired) electrons. The molecule has 1 atom stereocenters. The molecule has 0 spiro atoms. The fourth-order valence-electron chi connectivity index (χ4n) is 1.57. The zero-order valence-corrected chi connectivity index (χ0v) is 10.4. The molecule has 86 valence electrons. The Labute approximate surface area is 96.1 Å². The van der Waals surface area contributed by atoms with Gasteiger partial charge in [0.15, 0.2) is 0 Å². The molecule has 4 heteroatoms. The second-order valence-corrected chi connectivity index (χ2v) is 4.39. The highest BCUT2D eigenvalue weighted by atomic mass is 35.5. The van der Waals surface area contributed by atoms with E-state index in [0.717, 1.165) is 35.7 Å². The van der Waals surface area contributed by atoms with Crippen molar-refractivity contribution in [2.24, 2.45) is 13.0 Å². The lowest BCUT2D eigenvalue weighted by Gasteiger charge is -2.07. The molecule has 1 aromatic rings. The normalized spacial score (nSPS) is 13.1. The van der Waals surface area contributed by atoms with Crippen LogP contribution in [0.5, 0.6) is 0 Å². The molecule has 0 aliphatic carbocycles. The predicted molar refractivity (Wildman–Crippen MR) is 62.2 cm³/mol. The number of rotatable bonds is 5. The van der Waals surface area contributed by atoms with Gasteiger partial charge >= 0.3 is 0 Å². The summed E-state index contributed by atoms with van der Waals surface area (Å²) >= 11 is 6.21. The summed E-state index contributed by atoms with van der Waals surface area (Å²) in [6.45, 7) is 4.31. The molecular weight excluding hydrogens is 212 g/mol. The molecule has 0 aliphatic rings. The van der Waals surface area contributed by atoms with Crippen molar-refractivity contribution >= 4 is 11.6 Å². The molecule has 1 N–H and O–H groups in total. The zero-order valence-electron chi connectivity index (χ0n) is 9.63. The Balaban J connectivity index is 2.72. The van der Waals surface area contributed by atoms with Crippen molar-refractivity contribution < 1.29 is 5.11 Å². The van der Waals surface area contributed by atoms with E-state index < -0.39 is 0 Å². The Hall–Kier alpha value is -0.540. The summed E-state index contributed by atoms with van der Waals surface area (Å²) in [5.41, 5.74) is 2.04. The van der Waals surface area contributed by atoms with Gasteiger partial charge in [-0.15, -0.1) is 0 Å². The minimum absolute atomic E-state index is 0.232. The lowest BCUT2D eigenvalue weighted by atomic mass is 10.1. The molecule has 0 bridgehead atoms. The van der Waals surface area contributed by atoms with Crippen LogP contribution >= 0.6 is 11.6 Å². The van der Waals surface area contributed by atoms with Gasteiger partial charge in [-0.05, 0) is 25.2 Å². The van der Waals surface area contributed by atoms with Gasteiger partial charge in [0.25, 0.3) is 0 Å². The van der Waals surface area contributed by atoms with E-state index in [1.54, 1.807) is 0 Å². The summed E-state index contributed by atoms with van der Waals surface area (Å²) < 4.78 is 1.85. The smallest absolute Gasteiger partial charge is 0.0849 e. The summed E-state index contributed by atoms with van der Waals surface area (Å²) in [5, 5.41) is 14.1. The molecule has 1 unspecified atom stereocenters. The number of aromatic nitrogens is 2. The van der Waals surface area contributed by atoms with Gasteiger partial charge in [-0.3, -0.25) is 4.68 Å². The summed E-state index contributed by atoms with van der Waals surface area (Å²) in [7, 11) is 1.92. The number of hydrogen-bond donors (Lipinski definition) is 1. The first-order valence-corrected chi connectivity index (χ1v) is 5.79. The minimum Gasteiger partial charge on any atom is -0.396 e. The summed E-state index contributed by atoms with van der Waals surface area (Å²) in [6, 6.07) is 0. The van der Waals surface area contributed by atoms with Gasteiger partial charge in [-0.2, -0.15) is 5.10 Å². The highest BCUT2D eigenvalue weighted by Crippen LogP contribution is 2.23. The van der Waals surface area contributed by atoms with Crippen molar-refractivity contribution in [3.8, 4) is 0 Å². The van der Waals surface area contributed by atoms with E-state index in [2.05, 4.69) is 5.10 Å². The van der Waals surface area contributed by atoms with Gasteiger partial charge in [0.05, 0.1) is 16.4 Å². The molecule has 0 aliphatic heterocycles. The second kappa shape index (κ2) is 5.52. The Kier molecular flexibility index (Phi) is 4.61. The molecule has 0 fully saturated rings. The van der Waals surface area contributed by atoms with Gasteiger partial charge in [-0.1, -0.05) is 25.4 Å². The van der Waals surface area contributed by atoms with Crippen molar-refractivity contribution in [3.63, 3.8) is 0 Å². The first-order chi connectivity index (χ1) is 7.10. The van der Waals surface area contributed by atoms with Crippen LogP contribution in [0.25, 0.3) is 0 Å². The number of hydrogen-bond acceptors (Lipinski definition) is 2. The van der Waals surface area contributed by atoms with Crippen LogP contribution in [0.4, 0.5) is 0 Å². The number of aliphatic hydroxyl groups is 1. The molecule has 0 amide bonds. The van der Waals surface area contributed by atoms with Crippen LogP contribution < -0.4 is 0 Å². The third-order valence-electron chi connectivity index (χ3n) is 2.69. The Morgan fingerprint density at radius 1 is 1.53 bits per heavy atom. The van der Waals surface area contributed by atoms with Crippen molar-refractivity contribution in [3.05, 3.63) is 16.4 Å². The Morgan fingerprint density at radius 2 is 2.20 bits per heavy atom. The lowest BCUT2D eigenvalue weighted by Crippen LogP contribution is -2.05. The van der Waals surface area contributed by atoms with E-state index in [9.17, 15) is 0 Å². The molecular formula is C11H19ClN2O. The number of nitrogens with zero attached hydrogens (tertiary/aromatic N) is 2. The van der Waals surface area contributed by atoms with Gasteiger partial charge < -0.3 is 5.11 Å². The van der Waals surface area contributed by atoms with Gasteiger partial charge in [0.1, 0.15) is 0 Å². The molecule has 1 rings (SSSR count). The number of halogens is 1. The maximum atomic E-state index is 8.95. The quantitative estimate of drug-likeness (QED) is 0.842. The van der Waals surface area contributed by atoms with Crippen LogP contribution in [0, 0.1) is 5.92 Å². The van der Waals surface area contributed by atoms with Crippen LogP contribution in [0.1, 0.15) is 31.7 Å². The maximum Gasteiger partial charge on any atom is 0.0849 e. The highest BCUT2D eigenvalue weighted by Gasteiger charge is 2.13. The predicted octanol–water partition coefficient (Wildman–Crippen LogP) is 2.20. The summed E-state index contributed by atoms with van der Waals surface area (Å²) in [4.78, 5) is 0. The first-order valence-electron chi connectivity index (χ1n) is 5.41. The van der Waals surface area contributed by atoms with E-state index in [1.807, 2.05) is 25.6 Å². The van der Waals surface area contributed by atoms with Crippen molar-refractivity contribution in [1.82, 2.24) is 9.78 Å². The molecule has 0 aromatic carbocycles. The summed E-state index contributed by atoms with van der Waals surface area (Å²) in [6.07, 6.45) is 2.69. The Bertz CT molecular complexity index is 323. The van der Waals surface area contributed by atoms with Gasteiger partial charge in [0, 0.05) is 13.7 Å². The molecule has 0 saturated carbocycles. The Morgan fingerprint density at radius 3 is 2.67 bits per heavy atom. The standard InChI is InChI=1S/C11H19ClN2O/c1-4-9-11(12)10(14(3)13-9)6-5-8(2)7-15/h8,15H,4-7H2,1-3H3. The molecule has 15 heavy (non-hydrogen) atoms. The van der Waals surface area contributed by atoms with Gasteiger partial charge in [0.2, 0.25) is 0 Å². The lowest BCUT2D eigenvalue weighted by molar-refractivity contribution is 0.230. The largest absolute Gasteiger partial charge is 0.396 e. The SMILES string of the molecule is CCc1nn(C)c(CCC(C)CO)c1Cl. The highest BCUT2D eigenvalue weighted by molar-refractivity contribution is 6.31. The van der Waals surface area contributed by atoms with Crippen LogP contribution in [-0.2, 0) is 19.9 Å². The van der Waals surface area contributed by atoms with E-state index in [1.165, 1.54) is 0 Å². The number of aliphatic hydroxyl groups excluding tert-OH is 1. The number of aryl methyl sites for hydroxylation is 2. The maximum absolute atomic E-state index is 8.95. The van der Waals surface area contributed by atoms with E-state index >= 15 is 0 Å². The second-order valence-electron chi connectivity index (χ2n) is 4.01. The molecule has 0 saturated heterocycles. The monoisotopic (exact) mass is 230 g/mol. The van der Waals surface area contributed by atoms with E-state index in [0.29, 0.717) is 5.92 Å². The average molecular weight is 231 g/mol. The zero-order chi connectivity index (χ0) is 11.4. The van der Waals surface area contributed by atoms with Crippen LogP contribution in [0.15, 0.2) is 0 Å².